The normalized spacial score (nSPS) is 13.1. The minimum atomic E-state index is 1.03. The van der Waals surface area contributed by atoms with E-state index in [1.165, 1.54) is 33.4 Å². The Morgan fingerprint density at radius 1 is 1.00 bits per heavy atom. The highest BCUT2D eigenvalue weighted by Gasteiger charge is 2.22. The zero-order chi connectivity index (χ0) is 16.2. The Balaban J connectivity index is 1.84. The number of rotatable bonds is 6. The summed E-state index contributed by atoms with van der Waals surface area (Å²) < 4.78 is 1.17. The van der Waals surface area contributed by atoms with Crippen molar-refractivity contribution in [2.75, 3.05) is 31.1 Å². The molecule has 0 aromatic heterocycles. The summed E-state index contributed by atoms with van der Waals surface area (Å²) in [4.78, 5) is 5.00. The van der Waals surface area contributed by atoms with Crippen LogP contribution in [0.15, 0.2) is 46.9 Å². The number of para-hydroxylation sites is 1. The fourth-order valence-corrected chi connectivity index (χ4v) is 3.86. The summed E-state index contributed by atoms with van der Waals surface area (Å²) in [6, 6.07) is 15.5. The summed E-state index contributed by atoms with van der Waals surface area (Å²) in [7, 11) is 0. The molecule has 122 valence electrons. The topological polar surface area (TPSA) is 6.48 Å². The standard InChI is InChI=1S/C20H25BrN2/c1-3-22(4-2)12-7-13-23-19-9-6-5-8-16(19)14-17-15-18(21)10-11-20(17)23/h5-6,8-11,15H,3-4,7,12-14H2,1-2H3. The third kappa shape index (κ3) is 3.61. The van der Waals surface area contributed by atoms with Gasteiger partial charge in [-0.2, -0.15) is 0 Å². The first kappa shape index (κ1) is 16.5. The van der Waals surface area contributed by atoms with Gasteiger partial charge in [-0.3, -0.25) is 0 Å². The predicted molar refractivity (Wildman–Crippen MR) is 103 cm³/mol. The molecule has 0 N–H and O–H groups in total. The fraction of sp³-hybridized carbons (Fsp3) is 0.400. The Morgan fingerprint density at radius 2 is 1.74 bits per heavy atom. The van der Waals surface area contributed by atoms with Crippen molar-refractivity contribution in [3.8, 4) is 0 Å². The zero-order valence-electron chi connectivity index (χ0n) is 14.1. The van der Waals surface area contributed by atoms with Crippen molar-refractivity contribution in [2.45, 2.75) is 26.7 Å². The van der Waals surface area contributed by atoms with Gasteiger partial charge in [-0.1, -0.05) is 48.0 Å². The van der Waals surface area contributed by atoms with E-state index in [1.807, 2.05) is 0 Å². The molecule has 0 saturated carbocycles. The van der Waals surface area contributed by atoms with Crippen LogP contribution in [0.4, 0.5) is 11.4 Å². The lowest BCUT2D eigenvalue weighted by Gasteiger charge is -2.34. The summed E-state index contributed by atoms with van der Waals surface area (Å²) in [6.45, 7) is 8.99. The van der Waals surface area contributed by atoms with Gasteiger partial charge in [0.15, 0.2) is 0 Å². The Hall–Kier alpha value is -1.32. The maximum Gasteiger partial charge on any atom is 0.0447 e. The number of nitrogens with zero attached hydrogens (tertiary/aromatic N) is 2. The average molecular weight is 373 g/mol. The molecule has 1 aliphatic rings. The number of halogens is 1. The highest BCUT2D eigenvalue weighted by molar-refractivity contribution is 9.10. The van der Waals surface area contributed by atoms with Crippen molar-refractivity contribution >= 4 is 27.3 Å². The van der Waals surface area contributed by atoms with Crippen molar-refractivity contribution in [1.29, 1.82) is 0 Å². The molecular formula is C20H25BrN2. The number of benzene rings is 2. The molecule has 1 heterocycles. The van der Waals surface area contributed by atoms with Gasteiger partial charge >= 0.3 is 0 Å². The predicted octanol–water partition coefficient (Wildman–Crippen LogP) is 5.22. The fourth-order valence-electron chi connectivity index (χ4n) is 3.45. The minimum Gasteiger partial charge on any atom is -0.341 e. The van der Waals surface area contributed by atoms with Crippen LogP contribution in [0.25, 0.3) is 0 Å². The van der Waals surface area contributed by atoms with Gasteiger partial charge in [0.25, 0.3) is 0 Å². The Morgan fingerprint density at radius 3 is 2.52 bits per heavy atom. The Labute approximate surface area is 148 Å². The monoisotopic (exact) mass is 372 g/mol. The molecule has 2 nitrogen and oxygen atoms in total. The number of fused-ring (bicyclic) bond motifs is 2. The molecule has 0 radical (unpaired) electrons. The van der Waals surface area contributed by atoms with Gasteiger partial charge in [0.05, 0.1) is 0 Å². The lowest BCUT2D eigenvalue weighted by molar-refractivity contribution is 0.301. The maximum absolute atomic E-state index is 3.62. The first-order valence-corrected chi connectivity index (χ1v) is 9.38. The second kappa shape index (κ2) is 7.50. The summed E-state index contributed by atoms with van der Waals surface area (Å²) in [6.07, 6.45) is 2.21. The van der Waals surface area contributed by atoms with Crippen LogP contribution in [0.5, 0.6) is 0 Å². The average Bonchev–Trinajstić information content (AvgIpc) is 2.57. The second-order valence-corrected chi connectivity index (χ2v) is 7.03. The van der Waals surface area contributed by atoms with Crippen LogP contribution in [0.1, 0.15) is 31.4 Å². The Bertz CT molecular complexity index is 664. The van der Waals surface area contributed by atoms with Crippen molar-refractivity contribution in [2.24, 2.45) is 0 Å². The molecule has 2 aromatic rings. The summed E-state index contributed by atoms with van der Waals surface area (Å²) >= 11 is 3.62. The highest BCUT2D eigenvalue weighted by atomic mass is 79.9. The highest BCUT2D eigenvalue weighted by Crippen LogP contribution is 2.39. The lowest BCUT2D eigenvalue weighted by Crippen LogP contribution is -2.29. The van der Waals surface area contributed by atoms with Crippen molar-refractivity contribution in [3.05, 3.63) is 58.1 Å². The molecule has 0 fully saturated rings. The first-order chi connectivity index (χ1) is 11.2. The van der Waals surface area contributed by atoms with Gasteiger partial charge in [-0.15, -0.1) is 0 Å². The van der Waals surface area contributed by atoms with Crippen LogP contribution in [-0.4, -0.2) is 31.1 Å². The molecule has 0 unspecified atom stereocenters. The molecule has 0 amide bonds. The van der Waals surface area contributed by atoms with E-state index < -0.39 is 0 Å². The third-order valence-electron chi connectivity index (χ3n) is 4.75. The van der Waals surface area contributed by atoms with E-state index in [4.69, 9.17) is 0 Å². The number of hydrogen-bond acceptors (Lipinski definition) is 2. The van der Waals surface area contributed by atoms with Crippen molar-refractivity contribution in [1.82, 2.24) is 4.90 Å². The van der Waals surface area contributed by atoms with E-state index in [1.54, 1.807) is 0 Å². The van der Waals surface area contributed by atoms with Gasteiger partial charge in [-0.05, 0) is 61.4 Å². The molecule has 3 rings (SSSR count). The van der Waals surface area contributed by atoms with E-state index in [0.717, 1.165) is 32.6 Å². The van der Waals surface area contributed by atoms with E-state index >= 15 is 0 Å². The minimum absolute atomic E-state index is 1.03. The van der Waals surface area contributed by atoms with Crippen LogP contribution in [-0.2, 0) is 6.42 Å². The quantitative estimate of drug-likeness (QED) is 0.685. The van der Waals surface area contributed by atoms with E-state index in [2.05, 4.69) is 82.0 Å². The van der Waals surface area contributed by atoms with Crippen LogP contribution in [0.3, 0.4) is 0 Å². The molecular weight excluding hydrogens is 348 g/mol. The summed E-state index contributed by atoms with van der Waals surface area (Å²) in [5, 5.41) is 0. The Kier molecular flexibility index (Phi) is 5.39. The lowest BCUT2D eigenvalue weighted by atomic mass is 9.95. The molecule has 23 heavy (non-hydrogen) atoms. The first-order valence-electron chi connectivity index (χ1n) is 8.59. The second-order valence-electron chi connectivity index (χ2n) is 6.11. The van der Waals surface area contributed by atoms with Crippen LogP contribution < -0.4 is 4.90 Å². The zero-order valence-corrected chi connectivity index (χ0v) is 15.6. The SMILES string of the molecule is CCN(CC)CCCN1c2ccccc2Cc2cc(Br)ccc21. The molecule has 3 heteroatoms. The molecule has 0 aliphatic carbocycles. The number of hydrogen-bond donors (Lipinski definition) is 0. The van der Waals surface area contributed by atoms with Crippen LogP contribution >= 0.6 is 15.9 Å². The van der Waals surface area contributed by atoms with Crippen molar-refractivity contribution in [3.63, 3.8) is 0 Å². The summed E-state index contributed by atoms with van der Waals surface area (Å²) in [5.74, 6) is 0. The van der Waals surface area contributed by atoms with E-state index in [-0.39, 0.29) is 0 Å². The maximum atomic E-state index is 3.62. The molecule has 2 aromatic carbocycles. The van der Waals surface area contributed by atoms with Gasteiger partial charge in [0.2, 0.25) is 0 Å². The van der Waals surface area contributed by atoms with Gasteiger partial charge in [0, 0.05) is 28.8 Å². The third-order valence-corrected chi connectivity index (χ3v) is 5.24. The molecule has 0 atom stereocenters. The summed E-state index contributed by atoms with van der Waals surface area (Å²) in [5.41, 5.74) is 5.59. The van der Waals surface area contributed by atoms with Crippen LogP contribution in [0, 0.1) is 0 Å². The molecule has 0 spiro atoms. The van der Waals surface area contributed by atoms with E-state index in [9.17, 15) is 0 Å². The molecule has 0 saturated heterocycles. The molecule has 1 aliphatic heterocycles. The number of anilines is 2. The van der Waals surface area contributed by atoms with Crippen molar-refractivity contribution < 1.29 is 0 Å². The van der Waals surface area contributed by atoms with Gasteiger partial charge in [0.1, 0.15) is 0 Å². The largest absolute Gasteiger partial charge is 0.341 e. The van der Waals surface area contributed by atoms with Gasteiger partial charge < -0.3 is 9.80 Å². The molecule has 0 bridgehead atoms. The van der Waals surface area contributed by atoms with Crippen LogP contribution in [0.2, 0.25) is 0 Å². The van der Waals surface area contributed by atoms with E-state index in [0.29, 0.717) is 0 Å². The van der Waals surface area contributed by atoms with Gasteiger partial charge in [-0.25, -0.2) is 0 Å². The smallest absolute Gasteiger partial charge is 0.0447 e.